The summed E-state index contributed by atoms with van der Waals surface area (Å²) in [6.45, 7) is 12.1. The Hall–Kier alpha value is -1.97. The molecule has 190 valence electrons. The normalized spacial score (nSPS) is 20.4. The van der Waals surface area contributed by atoms with Gasteiger partial charge in [-0.05, 0) is 49.3 Å². The van der Waals surface area contributed by atoms with Crippen molar-refractivity contribution in [2.24, 2.45) is 0 Å². The van der Waals surface area contributed by atoms with Crippen molar-refractivity contribution in [2.45, 2.75) is 69.7 Å². The minimum atomic E-state index is -3.66. The Labute approximate surface area is 204 Å². The molecule has 0 aromatic heterocycles. The van der Waals surface area contributed by atoms with Gasteiger partial charge < -0.3 is 9.80 Å². The molecule has 2 fully saturated rings. The number of carbonyl (C=O) groups is 2. The number of benzene rings is 1. The van der Waals surface area contributed by atoms with Crippen LogP contribution in [-0.4, -0.2) is 86.8 Å². The van der Waals surface area contributed by atoms with Crippen LogP contribution in [0.3, 0.4) is 0 Å². The molecule has 0 aliphatic carbocycles. The van der Waals surface area contributed by atoms with E-state index in [2.05, 4.69) is 37.3 Å². The fraction of sp³-hybridized carbons (Fsp3) is 0.680. The van der Waals surface area contributed by atoms with Crippen LogP contribution < -0.4 is 4.72 Å². The third kappa shape index (κ3) is 7.02. The van der Waals surface area contributed by atoms with E-state index < -0.39 is 10.0 Å². The minimum Gasteiger partial charge on any atom is -0.340 e. The van der Waals surface area contributed by atoms with E-state index in [0.717, 1.165) is 24.9 Å². The van der Waals surface area contributed by atoms with Crippen molar-refractivity contribution in [1.29, 1.82) is 0 Å². The average molecular weight is 493 g/mol. The Morgan fingerprint density at radius 1 is 0.971 bits per heavy atom. The van der Waals surface area contributed by atoms with E-state index in [-0.39, 0.29) is 35.1 Å². The average Bonchev–Trinajstić information content (AvgIpc) is 2.79. The maximum Gasteiger partial charge on any atom is 0.240 e. The highest BCUT2D eigenvalue weighted by molar-refractivity contribution is 7.89. The van der Waals surface area contributed by atoms with Crippen molar-refractivity contribution in [2.75, 3.05) is 45.8 Å². The molecule has 1 N–H and O–H groups in total. The second-order valence-corrected chi connectivity index (χ2v) is 12.3. The van der Waals surface area contributed by atoms with Crippen molar-refractivity contribution in [1.82, 2.24) is 19.4 Å². The van der Waals surface area contributed by atoms with Gasteiger partial charge in [0, 0.05) is 51.7 Å². The highest BCUT2D eigenvalue weighted by atomic mass is 32.2. The first-order valence-corrected chi connectivity index (χ1v) is 13.9. The molecule has 0 saturated carbocycles. The van der Waals surface area contributed by atoms with Gasteiger partial charge in [0.15, 0.2) is 0 Å². The van der Waals surface area contributed by atoms with Crippen LogP contribution >= 0.6 is 0 Å². The maximum atomic E-state index is 12.7. The lowest BCUT2D eigenvalue weighted by molar-refractivity contribution is -0.137. The predicted octanol–water partition coefficient (Wildman–Crippen LogP) is 2.20. The molecule has 2 heterocycles. The summed E-state index contributed by atoms with van der Waals surface area (Å²) in [6.07, 6.45) is 3.44. The fourth-order valence-electron chi connectivity index (χ4n) is 4.57. The van der Waals surface area contributed by atoms with Crippen LogP contribution in [0.2, 0.25) is 0 Å². The number of sulfonamides is 1. The smallest absolute Gasteiger partial charge is 0.240 e. The standard InChI is InChI=1S/C25H40N4O4S/c1-20-7-5-6-14-29(20)24(31)19-27-15-17-28(18-16-27)23(30)12-13-26-34(32,33)22-10-8-21(9-11-22)25(2,3)4/h8-11,20,26H,5-7,12-19H2,1-4H3. The number of hydrogen-bond acceptors (Lipinski definition) is 5. The van der Waals surface area contributed by atoms with E-state index in [1.54, 1.807) is 17.0 Å². The van der Waals surface area contributed by atoms with Gasteiger partial charge in [-0.1, -0.05) is 32.9 Å². The van der Waals surface area contributed by atoms with E-state index in [0.29, 0.717) is 38.8 Å². The molecule has 0 bridgehead atoms. The van der Waals surface area contributed by atoms with E-state index in [4.69, 9.17) is 0 Å². The van der Waals surface area contributed by atoms with Gasteiger partial charge in [0.05, 0.1) is 11.4 Å². The Balaban J connectivity index is 1.40. The number of piperidine rings is 1. The number of rotatable bonds is 7. The first-order valence-electron chi connectivity index (χ1n) is 12.4. The fourth-order valence-corrected chi connectivity index (χ4v) is 5.61. The van der Waals surface area contributed by atoms with Crippen LogP contribution in [0, 0.1) is 0 Å². The monoisotopic (exact) mass is 492 g/mol. The molecular formula is C25H40N4O4S. The molecule has 2 aliphatic heterocycles. The third-order valence-electron chi connectivity index (χ3n) is 6.87. The van der Waals surface area contributed by atoms with E-state index in [1.165, 1.54) is 6.42 Å². The molecule has 0 radical (unpaired) electrons. The first-order chi connectivity index (χ1) is 16.0. The maximum absolute atomic E-state index is 12.7. The van der Waals surface area contributed by atoms with Crippen molar-refractivity contribution < 1.29 is 18.0 Å². The summed E-state index contributed by atoms with van der Waals surface area (Å²) in [5.41, 5.74) is 1.01. The number of amides is 2. The molecule has 2 aliphatic rings. The van der Waals surface area contributed by atoms with Crippen molar-refractivity contribution in [3.05, 3.63) is 29.8 Å². The molecule has 1 atom stereocenters. The highest BCUT2D eigenvalue weighted by Gasteiger charge is 2.27. The zero-order valence-corrected chi connectivity index (χ0v) is 21.9. The lowest BCUT2D eigenvalue weighted by atomic mass is 9.87. The summed E-state index contributed by atoms with van der Waals surface area (Å²) in [5.74, 6) is 0.110. The summed E-state index contributed by atoms with van der Waals surface area (Å²) in [7, 11) is -3.66. The van der Waals surface area contributed by atoms with Crippen LogP contribution in [0.5, 0.6) is 0 Å². The van der Waals surface area contributed by atoms with Gasteiger partial charge in [-0.3, -0.25) is 14.5 Å². The molecule has 9 heteroatoms. The molecule has 3 rings (SSSR count). The Kier molecular flexibility index (Phi) is 8.76. The SMILES string of the molecule is CC1CCCCN1C(=O)CN1CCN(C(=O)CCNS(=O)(=O)c2ccc(C(C)(C)C)cc2)CC1. The van der Waals surface area contributed by atoms with Gasteiger partial charge in [0.25, 0.3) is 0 Å². The zero-order valence-electron chi connectivity index (χ0n) is 21.0. The van der Waals surface area contributed by atoms with E-state index in [1.807, 2.05) is 17.0 Å². The van der Waals surface area contributed by atoms with Gasteiger partial charge in [-0.25, -0.2) is 13.1 Å². The first kappa shape index (κ1) is 26.6. The molecule has 34 heavy (non-hydrogen) atoms. The highest BCUT2D eigenvalue weighted by Crippen LogP contribution is 2.23. The molecule has 8 nitrogen and oxygen atoms in total. The second-order valence-electron chi connectivity index (χ2n) is 10.5. The molecule has 2 saturated heterocycles. The lowest BCUT2D eigenvalue weighted by Crippen LogP contribution is -2.53. The quantitative estimate of drug-likeness (QED) is 0.630. The third-order valence-corrected chi connectivity index (χ3v) is 8.35. The number of hydrogen-bond donors (Lipinski definition) is 1. The van der Waals surface area contributed by atoms with Crippen LogP contribution in [-0.2, 0) is 25.0 Å². The van der Waals surface area contributed by atoms with E-state index in [9.17, 15) is 18.0 Å². The molecule has 1 aromatic rings. The summed E-state index contributed by atoms with van der Waals surface area (Å²) >= 11 is 0. The number of carbonyl (C=O) groups excluding carboxylic acids is 2. The molecule has 1 unspecified atom stereocenters. The minimum absolute atomic E-state index is 0.0502. The van der Waals surface area contributed by atoms with Crippen LogP contribution in [0.15, 0.2) is 29.2 Å². The summed E-state index contributed by atoms with van der Waals surface area (Å²) in [4.78, 5) is 31.3. The topological polar surface area (TPSA) is 90.0 Å². The van der Waals surface area contributed by atoms with E-state index >= 15 is 0 Å². The number of likely N-dealkylation sites (tertiary alicyclic amines) is 1. The van der Waals surface area contributed by atoms with Gasteiger partial charge >= 0.3 is 0 Å². The largest absolute Gasteiger partial charge is 0.340 e. The second kappa shape index (κ2) is 11.2. The van der Waals surface area contributed by atoms with Gasteiger partial charge in [-0.15, -0.1) is 0 Å². The molecule has 0 spiro atoms. The number of piperazine rings is 1. The van der Waals surface area contributed by atoms with Gasteiger partial charge in [-0.2, -0.15) is 0 Å². The zero-order chi connectivity index (χ0) is 24.9. The summed E-state index contributed by atoms with van der Waals surface area (Å²) in [5, 5.41) is 0. The van der Waals surface area contributed by atoms with Crippen LogP contribution in [0.25, 0.3) is 0 Å². The van der Waals surface area contributed by atoms with Crippen molar-refractivity contribution >= 4 is 21.8 Å². The Morgan fingerprint density at radius 3 is 2.21 bits per heavy atom. The summed E-state index contributed by atoms with van der Waals surface area (Å²) in [6, 6.07) is 7.18. The number of nitrogens with zero attached hydrogens (tertiary/aromatic N) is 3. The molecule has 1 aromatic carbocycles. The predicted molar refractivity (Wildman–Crippen MR) is 133 cm³/mol. The number of nitrogens with one attached hydrogen (secondary N) is 1. The van der Waals surface area contributed by atoms with Crippen LogP contribution in [0.1, 0.15) is 58.9 Å². The van der Waals surface area contributed by atoms with Crippen LogP contribution in [0.4, 0.5) is 0 Å². The van der Waals surface area contributed by atoms with Crippen molar-refractivity contribution in [3.8, 4) is 0 Å². The Bertz CT molecular complexity index is 948. The van der Waals surface area contributed by atoms with Crippen molar-refractivity contribution in [3.63, 3.8) is 0 Å². The molecule has 2 amide bonds. The van der Waals surface area contributed by atoms with Gasteiger partial charge in [0.2, 0.25) is 21.8 Å². The lowest BCUT2D eigenvalue weighted by Gasteiger charge is -2.38. The summed E-state index contributed by atoms with van der Waals surface area (Å²) < 4.78 is 27.7. The Morgan fingerprint density at radius 2 is 1.62 bits per heavy atom. The molecular weight excluding hydrogens is 452 g/mol. The van der Waals surface area contributed by atoms with Gasteiger partial charge in [0.1, 0.15) is 0 Å².